The van der Waals surface area contributed by atoms with Crippen molar-refractivity contribution in [3.8, 4) is 0 Å². The number of hydrogen-bond donors (Lipinski definition) is 1. The maximum atomic E-state index is 11.9. The van der Waals surface area contributed by atoms with Crippen LogP contribution in [-0.2, 0) is 20.1 Å². The summed E-state index contributed by atoms with van der Waals surface area (Å²) in [7, 11) is 1.52. The van der Waals surface area contributed by atoms with Crippen LogP contribution in [-0.4, -0.2) is 54.4 Å². The predicted molar refractivity (Wildman–Crippen MR) is 76.6 cm³/mol. The Morgan fingerprint density at radius 3 is 2.89 bits per heavy atom. The number of hydrogen-bond acceptors (Lipinski definition) is 5. The van der Waals surface area contributed by atoms with Gasteiger partial charge in [0.05, 0.1) is 12.4 Å². The van der Waals surface area contributed by atoms with Gasteiger partial charge in [-0.1, -0.05) is 6.07 Å². The number of nitrogens with zero attached hydrogens (tertiary/aromatic N) is 1. The van der Waals surface area contributed by atoms with Crippen molar-refractivity contribution in [1.29, 1.82) is 0 Å². The van der Waals surface area contributed by atoms with Gasteiger partial charge in [0.15, 0.2) is 0 Å². The molecule has 0 aliphatic rings. The van der Waals surface area contributed by atoms with E-state index in [1.165, 1.54) is 28.6 Å². The van der Waals surface area contributed by atoms with Gasteiger partial charge in [-0.25, -0.2) is 0 Å². The van der Waals surface area contributed by atoms with Crippen LogP contribution in [0.4, 0.5) is 0 Å². The summed E-state index contributed by atoms with van der Waals surface area (Å²) in [5, 5.41) is 10.8. The fraction of sp³-hybridized carbons (Fsp3) is 0.500. The second kappa shape index (κ2) is 8.95. The number of rotatable bonds is 9. The van der Waals surface area contributed by atoms with Crippen LogP contribution in [0.2, 0.25) is 0 Å². The van der Waals surface area contributed by atoms with Crippen molar-refractivity contribution in [2.45, 2.75) is 5.75 Å². The highest BCUT2D eigenvalue weighted by atomic mass is 32.2. The first-order chi connectivity index (χ1) is 9.13. The van der Waals surface area contributed by atoms with E-state index in [-0.39, 0.29) is 18.2 Å². The zero-order valence-corrected chi connectivity index (χ0v) is 12.3. The van der Waals surface area contributed by atoms with Crippen LogP contribution in [0.25, 0.3) is 0 Å². The molecular formula is C12H17NO4S2. The molecule has 106 valence electrons. The predicted octanol–water partition coefficient (Wildman–Crippen LogP) is 1.54. The second-order valence-electron chi connectivity index (χ2n) is 3.77. The number of thioether (sulfide) groups is 1. The Hall–Kier alpha value is -1.05. The standard InChI is InChI=1S/C12H17NO4S2/c1-17-5-4-13(7-12(15)16)11(14)9-18-8-10-3-2-6-19-10/h2-3,6H,4-5,7-9H2,1H3,(H,15,16). The second-order valence-corrected chi connectivity index (χ2v) is 5.79. The van der Waals surface area contributed by atoms with Crippen molar-refractivity contribution < 1.29 is 19.4 Å². The van der Waals surface area contributed by atoms with Gasteiger partial charge in [-0.15, -0.1) is 23.1 Å². The third kappa shape index (κ3) is 6.60. The summed E-state index contributed by atoms with van der Waals surface area (Å²) >= 11 is 3.14. The molecule has 0 spiro atoms. The molecule has 0 saturated heterocycles. The maximum Gasteiger partial charge on any atom is 0.323 e. The van der Waals surface area contributed by atoms with E-state index >= 15 is 0 Å². The van der Waals surface area contributed by atoms with Gasteiger partial charge in [0.25, 0.3) is 0 Å². The molecule has 0 saturated carbocycles. The summed E-state index contributed by atoms with van der Waals surface area (Å²) in [6, 6.07) is 3.99. The van der Waals surface area contributed by atoms with Gasteiger partial charge < -0.3 is 14.7 Å². The van der Waals surface area contributed by atoms with Crippen LogP contribution in [0, 0.1) is 0 Å². The summed E-state index contributed by atoms with van der Waals surface area (Å²) in [6.45, 7) is 0.373. The van der Waals surface area contributed by atoms with E-state index < -0.39 is 5.97 Å². The number of carboxylic acid groups (broad SMARTS) is 1. The van der Waals surface area contributed by atoms with E-state index in [1.807, 2.05) is 17.5 Å². The van der Waals surface area contributed by atoms with Crippen molar-refractivity contribution in [3.63, 3.8) is 0 Å². The highest BCUT2D eigenvalue weighted by molar-refractivity contribution is 7.99. The molecule has 1 aromatic heterocycles. The molecule has 7 heteroatoms. The fourth-order valence-corrected chi connectivity index (χ4v) is 3.15. The first kappa shape index (κ1) is 16.0. The Labute approximate surface area is 120 Å². The number of carbonyl (C=O) groups excluding carboxylic acids is 1. The van der Waals surface area contributed by atoms with Crippen LogP contribution >= 0.6 is 23.1 Å². The molecular weight excluding hydrogens is 286 g/mol. The number of carboxylic acids is 1. The van der Waals surface area contributed by atoms with Gasteiger partial charge in [0, 0.05) is 24.3 Å². The van der Waals surface area contributed by atoms with Gasteiger partial charge in [-0.2, -0.15) is 0 Å². The van der Waals surface area contributed by atoms with Crippen LogP contribution < -0.4 is 0 Å². The Morgan fingerprint density at radius 1 is 1.53 bits per heavy atom. The molecule has 1 heterocycles. The number of carbonyl (C=O) groups is 2. The number of amides is 1. The average molecular weight is 303 g/mol. The van der Waals surface area contributed by atoms with E-state index in [2.05, 4.69) is 0 Å². The molecule has 0 aliphatic heterocycles. The lowest BCUT2D eigenvalue weighted by Gasteiger charge is -2.19. The summed E-state index contributed by atoms with van der Waals surface area (Å²) in [5.74, 6) is -0.113. The SMILES string of the molecule is COCCN(CC(=O)O)C(=O)CSCc1cccs1. The summed E-state index contributed by atoms with van der Waals surface area (Å²) in [4.78, 5) is 25.1. The largest absolute Gasteiger partial charge is 0.480 e. The topological polar surface area (TPSA) is 66.8 Å². The lowest BCUT2D eigenvalue weighted by atomic mass is 10.4. The Kier molecular flexibility index (Phi) is 7.54. The summed E-state index contributed by atoms with van der Waals surface area (Å²) in [5.41, 5.74) is 0. The monoisotopic (exact) mass is 303 g/mol. The average Bonchev–Trinajstić information content (AvgIpc) is 2.87. The third-order valence-electron chi connectivity index (χ3n) is 2.29. The third-order valence-corrected chi connectivity index (χ3v) is 4.32. The highest BCUT2D eigenvalue weighted by Crippen LogP contribution is 2.17. The number of aliphatic carboxylic acids is 1. The molecule has 0 aromatic carbocycles. The molecule has 19 heavy (non-hydrogen) atoms. The van der Waals surface area contributed by atoms with Crippen molar-refractivity contribution in [2.24, 2.45) is 0 Å². The molecule has 1 aromatic rings. The molecule has 5 nitrogen and oxygen atoms in total. The van der Waals surface area contributed by atoms with Crippen molar-refractivity contribution in [3.05, 3.63) is 22.4 Å². The molecule has 0 atom stereocenters. The van der Waals surface area contributed by atoms with Crippen molar-refractivity contribution >= 4 is 35.0 Å². The highest BCUT2D eigenvalue weighted by Gasteiger charge is 2.16. The van der Waals surface area contributed by atoms with E-state index in [1.54, 1.807) is 11.3 Å². The van der Waals surface area contributed by atoms with E-state index in [4.69, 9.17) is 9.84 Å². The molecule has 0 unspecified atom stereocenters. The van der Waals surface area contributed by atoms with E-state index in [9.17, 15) is 9.59 Å². The lowest BCUT2D eigenvalue weighted by Crippen LogP contribution is -2.39. The lowest BCUT2D eigenvalue weighted by molar-refractivity contribution is -0.143. The molecule has 1 N–H and O–H groups in total. The number of thiophene rings is 1. The smallest absolute Gasteiger partial charge is 0.323 e. The van der Waals surface area contributed by atoms with Crippen molar-refractivity contribution in [1.82, 2.24) is 4.90 Å². The van der Waals surface area contributed by atoms with Gasteiger partial charge in [-0.05, 0) is 11.4 Å². The Balaban J connectivity index is 2.35. The Morgan fingerprint density at radius 2 is 2.32 bits per heavy atom. The molecule has 0 bridgehead atoms. The zero-order chi connectivity index (χ0) is 14.1. The number of ether oxygens (including phenoxy) is 1. The maximum absolute atomic E-state index is 11.9. The fourth-order valence-electron chi connectivity index (χ4n) is 1.38. The van der Waals surface area contributed by atoms with E-state index in [0.29, 0.717) is 13.2 Å². The Bertz CT molecular complexity index is 394. The normalized spacial score (nSPS) is 10.4. The van der Waals surface area contributed by atoms with E-state index in [0.717, 1.165) is 5.75 Å². The molecule has 0 fully saturated rings. The molecule has 1 rings (SSSR count). The number of methoxy groups -OCH3 is 1. The molecule has 1 amide bonds. The minimum Gasteiger partial charge on any atom is -0.480 e. The zero-order valence-electron chi connectivity index (χ0n) is 10.7. The van der Waals surface area contributed by atoms with Crippen molar-refractivity contribution in [2.75, 3.05) is 32.6 Å². The minimum absolute atomic E-state index is 0.166. The van der Waals surface area contributed by atoms with Crippen LogP contribution in [0.5, 0.6) is 0 Å². The van der Waals surface area contributed by atoms with Gasteiger partial charge in [0.1, 0.15) is 6.54 Å². The minimum atomic E-state index is -1.01. The van der Waals surface area contributed by atoms with Gasteiger partial charge in [-0.3, -0.25) is 9.59 Å². The van der Waals surface area contributed by atoms with Gasteiger partial charge in [0.2, 0.25) is 5.91 Å². The van der Waals surface area contributed by atoms with Crippen LogP contribution in [0.3, 0.4) is 0 Å². The molecule has 0 radical (unpaired) electrons. The first-order valence-electron chi connectivity index (χ1n) is 5.72. The summed E-state index contributed by atoms with van der Waals surface area (Å²) in [6.07, 6.45) is 0. The molecule has 0 aliphatic carbocycles. The summed E-state index contributed by atoms with van der Waals surface area (Å²) < 4.78 is 4.88. The quantitative estimate of drug-likeness (QED) is 0.749. The first-order valence-corrected chi connectivity index (χ1v) is 7.75. The van der Waals surface area contributed by atoms with Crippen LogP contribution in [0.15, 0.2) is 17.5 Å². The van der Waals surface area contributed by atoms with Crippen LogP contribution in [0.1, 0.15) is 4.88 Å². The van der Waals surface area contributed by atoms with Gasteiger partial charge >= 0.3 is 5.97 Å².